The molecule has 0 N–H and O–H groups in total. The molecular formula is C10H13Br2NS. The van der Waals surface area contributed by atoms with Crippen LogP contribution in [0.15, 0.2) is 7.70 Å². The molecule has 14 heavy (non-hydrogen) atoms. The van der Waals surface area contributed by atoms with Gasteiger partial charge in [-0.15, -0.1) is 0 Å². The average Bonchev–Trinajstić information content (AvgIpc) is 2.47. The Morgan fingerprint density at radius 3 is 2.50 bits per heavy atom. The van der Waals surface area contributed by atoms with Crippen LogP contribution in [0.3, 0.4) is 0 Å². The maximum absolute atomic E-state index is 4.49. The summed E-state index contributed by atoms with van der Waals surface area (Å²) in [5, 5.41) is 0. The van der Waals surface area contributed by atoms with Crippen molar-refractivity contribution in [2.24, 2.45) is 5.92 Å². The van der Waals surface area contributed by atoms with Crippen LogP contribution < -0.4 is 0 Å². The van der Waals surface area contributed by atoms with Crippen molar-refractivity contribution >= 4 is 43.2 Å². The van der Waals surface area contributed by atoms with Gasteiger partial charge in [0.2, 0.25) is 0 Å². The SMILES string of the molecule is Brc1nc(CC2CCCCC2)c(Br)s1. The Morgan fingerprint density at radius 1 is 1.21 bits per heavy atom. The maximum Gasteiger partial charge on any atom is 0.160 e. The second kappa shape index (κ2) is 5.08. The third kappa shape index (κ3) is 2.80. The summed E-state index contributed by atoms with van der Waals surface area (Å²) < 4.78 is 2.20. The van der Waals surface area contributed by atoms with Crippen LogP contribution in [0.5, 0.6) is 0 Å². The molecule has 0 aromatic carbocycles. The summed E-state index contributed by atoms with van der Waals surface area (Å²) in [5.41, 5.74) is 1.24. The molecule has 0 bridgehead atoms. The molecule has 4 heteroatoms. The molecule has 0 saturated heterocycles. The third-order valence-corrected chi connectivity index (χ3v) is 5.11. The molecule has 1 aliphatic carbocycles. The van der Waals surface area contributed by atoms with Gasteiger partial charge in [0.05, 0.1) is 9.48 Å². The van der Waals surface area contributed by atoms with Gasteiger partial charge in [-0.1, -0.05) is 43.4 Å². The zero-order chi connectivity index (χ0) is 9.97. The van der Waals surface area contributed by atoms with Crippen molar-refractivity contribution in [3.63, 3.8) is 0 Å². The third-order valence-electron chi connectivity index (χ3n) is 2.83. The van der Waals surface area contributed by atoms with Gasteiger partial charge in [-0.3, -0.25) is 0 Å². The molecule has 1 nitrogen and oxygen atoms in total. The van der Waals surface area contributed by atoms with Crippen molar-refractivity contribution in [2.75, 3.05) is 0 Å². The van der Waals surface area contributed by atoms with E-state index in [0.29, 0.717) is 0 Å². The van der Waals surface area contributed by atoms with E-state index < -0.39 is 0 Å². The van der Waals surface area contributed by atoms with Gasteiger partial charge < -0.3 is 0 Å². The summed E-state index contributed by atoms with van der Waals surface area (Å²) in [6.45, 7) is 0. The molecule has 1 saturated carbocycles. The molecule has 0 radical (unpaired) electrons. The molecule has 78 valence electrons. The Balaban J connectivity index is 1.98. The number of rotatable bonds is 2. The summed E-state index contributed by atoms with van der Waals surface area (Å²) in [7, 11) is 0. The molecule has 1 aromatic rings. The maximum atomic E-state index is 4.49. The van der Waals surface area contributed by atoms with Gasteiger partial charge in [0.25, 0.3) is 0 Å². The molecule has 1 aliphatic rings. The lowest BCUT2D eigenvalue weighted by molar-refractivity contribution is 0.354. The van der Waals surface area contributed by atoms with Crippen LogP contribution in [0.4, 0.5) is 0 Å². The molecule has 0 aliphatic heterocycles. The quantitative estimate of drug-likeness (QED) is 0.755. The van der Waals surface area contributed by atoms with Crippen molar-refractivity contribution in [3.8, 4) is 0 Å². The highest BCUT2D eigenvalue weighted by atomic mass is 79.9. The van der Waals surface area contributed by atoms with E-state index in [-0.39, 0.29) is 0 Å². The first-order valence-corrected chi connectivity index (χ1v) is 7.46. The van der Waals surface area contributed by atoms with Crippen LogP contribution in [-0.2, 0) is 6.42 Å². The first-order valence-electron chi connectivity index (χ1n) is 5.06. The first kappa shape index (κ1) is 11.1. The fraction of sp³-hybridized carbons (Fsp3) is 0.700. The second-order valence-electron chi connectivity index (χ2n) is 3.90. The van der Waals surface area contributed by atoms with Crippen LogP contribution in [0, 0.1) is 5.92 Å². The molecule has 0 spiro atoms. The second-order valence-corrected chi connectivity index (χ2v) is 7.49. The predicted octanol–water partition coefficient (Wildman–Crippen LogP) is 4.79. The van der Waals surface area contributed by atoms with Crippen LogP contribution in [0.25, 0.3) is 0 Å². The largest absolute Gasteiger partial charge is 0.233 e. The Morgan fingerprint density at radius 2 is 1.93 bits per heavy atom. The highest BCUT2D eigenvalue weighted by Gasteiger charge is 2.17. The topological polar surface area (TPSA) is 12.9 Å². The van der Waals surface area contributed by atoms with Crippen LogP contribution >= 0.6 is 43.2 Å². The smallest absolute Gasteiger partial charge is 0.160 e. The predicted molar refractivity (Wildman–Crippen MR) is 67.8 cm³/mol. The number of thiazole rings is 1. The van der Waals surface area contributed by atoms with Gasteiger partial charge in [-0.25, -0.2) is 4.98 Å². The lowest BCUT2D eigenvalue weighted by Crippen LogP contribution is -2.09. The summed E-state index contributed by atoms with van der Waals surface area (Å²) in [4.78, 5) is 4.49. The van der Waals surface area contributed by atoms with Crippen molar-refractivity contribution in [1.82, 2.24) is 4.98 Å². The standard InChI is InChI=1S/C10H13Br2NS/c11-9-8(13-10(12)14-9)6-7-4-2-1-3-5-7/h7H,1-6H2. The van der Waals surface area contributed by atoms with Gasteiger partial charge in [-0.2, -0.15) is 0 Å². The summed E-state index contributed by atoms with van der Waals surface area (Å²) in [5.74, 6) is 0.869. The van der Waals surface area contributed by atoms with Gasteiger partial charge in [0.15, 0.2) is 3.92 Å². The van der Waals surface area contributed by atoms with Crippen LogP contribution in [0.1, 0.15) is 37.8 Å². The minimum atomic E-state index is 0.869. The fourth-order valence-corrected chi connectivity index (χ4v) is 4.71. The molecule has 1 heterocycles. The van der Waals surface area contributed by atoms with E-state index in [4.69, 9.17) is 0 Å². The van der Waals surface area contributed by atoms with E-state index >= 15 is 0 Å². The summed E-state index contributed by atoms with van der Waals surface area (Å²) in [6, 6.07) is 0. The molecule has 0 amide bonds. The van der Waals surface area contributed by atoms with Gasteiger partial charge in [0, 0.05) is 0 Å². The lowest BCUT2D eigenvalue weighted by Gasteiger charge is -2.20. The van der Waals surface area contributed by atoms with Gasteiger partial charge in [-0.05, 0) is 44.2 Å². The van der Waals surface area contributed by atoms with Gasteiger partial charge in [0.1, 0.15) is 0 Å². The molecule has 1 fully saturated rings. The molecular weight excluding hydrogens is 326 g/mol. The Kier molecular flexibility index (Phi) is 4.02. The van der Waals surface area contributed by atoms with Crippen LogP contribution in [0.2, 0.25) is 0 Å². The lowest BCUT2D eigenvalue weighted by atomic mass is 9.86. The number of aromatic nitrogens is 1. The van der Waals surface area contributed by atoms with Crippen LogP contribution in [-0.4, -0.2) is 4.98 Å². The van der Waals surface area contributed by atoms with E-state index in [9.17, 15) is 0 Å². The Hall–Kier alpha value is 0.590. The first-order chi connectivity index (χ1) is 6.75. The van der Waals surface area contributed by atoms with Gasteiger partial charge >= 0.3 is 0 Å². The minimum absolute atomic E-state index is 0.869. The molecule has 0 atom stereocenters. The minimum Gasteiger partial charge on any atom is -0.233 e. The monoisotopic (exact) mass is 337 g/mol. The van der Waals surface area contributed by atoms with Crippen molar-refractivity contribution in [1.29, 1.82) is 0 Å². The summed E-state index contributed by atoms with van der Waals surface area (Å²) in [6.07, 6.45) is 8.19. The molecule has 1 aromatic heterocycles. The number of halogens is 2. The molecule has 0 unspecified atom stereocenters. The molecule has 2 rings (SSSR count). The highest BCUT2D eigenvalue weighted by Crippen LogP contribution is 2.33. The number of hydrogen-bond donors (Lipinski definition) is 0. The number of hydrogen-bond acceptors (Lipinski definition) is 2. The van der Waals surface area contributed by atoms with E-state index in [2.05, 4.69) is 36.8 Å². The fourth-order valence-electron chi connectivity index (χ4n) is 2.10. The van der Waals surface area contributed by atoms with E-state index in [1.165, 1.54) is 41.6 Å². The summed E-state index contributed by atoms with van der Waals surface area (Å²) >= 11 is 8.68. The number of nitrogens with zero attached hydrogens (tertiary/aromatic N) is 1. The Bertz CT molecular complexity index is 305. The zero-order valence-electron chi connectivity index (χ0n) is 7.93. The van der Waals surface area contributed by atoms with Crippen molar-refractivity contribution < 1.29 is 0 Å². The zero-order valence-corrected chi connectivity index (χ0v) is 11.9. The van der Waals surface area contributed by atoms with E-state index in [0.717, 1.165) is 16.3 Å². The van der Waals surface area contributed by atoms with Crippen molar-refractivity contribution in [2.45, 2.75) is 38.5 Å². The Labute approximate surface area is 106 Å². The van der Waals surface area contributed by atoms with E-state index in [1.807, 2.05) is 0 Å². The van der Waals surface area contributed by atoms with E-state index in [1.54, 1.807) is 11.3 Å². The average molecular weight is 339 g/mol. The highest BCUT2D eigenvalue weighted by molar-refractivity contribution is 9.12. The normalized spacial score (nSPS) is 18.7. The van der Waals surface area contributed by atoms with Crippen molar-refractivity contribution in [3.05, 3.63) is 13.4 Å².